The number of carbonyl (C=O) groups excluding carboxylic acids is 2. The van der Waals surface area contributed by atoms with Crippen LogP contribution in [0.2, 0.25) is 0 Å². The Bertz CT molecular complexity index is 934. The maximum Gasteiger partial charge on any atom is 0.246 e. The lowest BCUT2D eigenvalue weighted by Gasteiger charge is -2.28. The molecule has 1 aromatic heterocycles. The molecule has 0 spiro atoms. The van der Waals surface area contributed by atoms with Gasteiger partial charge in [-0.3, -0.25) is 9.59 Å². The van der Waals surface area contributed by atoms with E-state index in [-0.39, 0.29) is 18.4 Å². The Hall–Kier alpha value is -2.83. The van der Waals surface area contributed by atoms with Crippen LogP contribution < -0.4 is 10.6 Å². The minimum atomic E-state index is -0.504. The van der Waals surface area contributed by atoms with Crippen molar-refractivity contribution in [1.29, 1.82) is 0 Å². The average molecular weight is 372 g/mol. The fourth-order valence-electron chi connectivity index (χ4n) is 3.91. The highest BCUT2D eigenvalue weighted by Crippen LogP contribution is 2.37. The molecule has 3 rings (SSSR count). The van der Waals surface area contributed by atoms with Gasteiger partial charge in [-0.25, -0.2) is 4.39 Å². The molecule has 0 radical (unpaired) electrons. The first-order chi connectivity index (χ1) is 12.7. The van der Waals surface area contributed by atoms with E-state index in [9.17, 15) is 9.59 Å². The Kier molecular flexibility index (Phi) is 4.95. The number of anilines is 1. The van der Waals surface area contributed by atoms with E-state index in [2.05, 4.69) is 11.6 Å². The van der Waals surface area contributed by atoms with E-state index >= 15 is 4.39 Å². The molecule has 7 heteroatoms. The Morgan fingerprint density at radius 1 is 1.48 bits per heavy atom. The summed E-state index contributed by atoms with van der Waals surface area (Å²) in [6, 6.07) is 1.39. The Balaban J connectivity index is 2.06. The largest absolute Gasteiger partial charge is 0.369 e. The number of aromatic amines is 1. The molecule has 6 nitrogen and oxygen atoms in total. The summed E-state index contributed by atoms with van der Waals surface area (Å²) in [5.41, 5.74) is 8.97. The molecule has 1 aliphatic heterocycles. The number of amides is 2. The van der Waals surface area contributed by atoms with Crippen molar-refractivity contribution < 1.29 is 14.0 Å². The van der Waals surface area contributed by atoms with E-state index in [1.54, 1.807) is 4.90 Å². The molecule has 144 valence electrons. The molecular weight excluding hydrogens is 347 g/mol. The number of hydrogen-bond acceptors (Lipinski definition) is 3. The number of carbonyl (C=O) groups is 2. The molecular formula is C20H25FN4O2. The van der Waals surface area contributed by atoms with Gasteiger partial charge in [-0.1, -0.05) is 6.58 Å². The number of H-pyrrole nitrogens is 1. The molecule has 0 unspecified atom stereocenters. The fraction of sp³-hybridized carbons (Fsp3) is 0.400. The van der Waals surface area contributed by atoms with E-state index < -0.39 is 11.7 Å². The standard InChI is InChI=1S/C20H25FN4O2/c1-5-17(27)25-7-6-14(10-25)24(4)20-15(21)8-13(9-16(22)26)19-18(20)11(2)12(3)23-19/h5,8,14,23H,1,6-7,9-10H2,2-4H3,(H2,22,26)/t14-/m0/s1. The van der Waals surface area contributed by atoms with E-state index in [1.807, 2.05) is 25.8 Å². The highest BCUT2D eigenvalue weighted by atomic mass is 19.1. The van der Waals surface area contributed by atoms with Crippen LogP contribution in [0.25, 0.3) is 10.9 Å². The molecule has 1 fully saturated rings. The van der Waals surface area contributed by atoms with E-state index in [1.165, 1.54) is 12.1 Å². The van der Waals surface area contributed by atoms with Gasteiger partial charge in [0.25, 0.3) is 0 Å². The first kappa shape index (κ1) is 18.9. The third-order valence-corrected chi connectivity index (χ3v) is 5.50. The van der Waals surface area contributed by atoms with Crippen LogP contribution >= 0.6 is 0 Å². The lowest BCUT2D eigenvalue weighted by atomic mass is 10.0. The maximum atomic E-state index is 15.1. The fourth-order valence-corrected chi connectivity index (χ4v) is 3.91. The minimum Gasteiger partial charge on any atom is -0.369 e. The summed E-state index contributed by atoms with van der Waals surface area (Å²) in [5.74, 6) is -1.00. The van der Waals surface area contributed by atoms with Gasteiger partial charge < -0.3 is 20.5 Å². The summed E-state index contributed by atoms with van der Waals surface area (Å²) in [6.07, 6.45) is 2.03. The van der Waals surface area contributed by atoms with Gasteiger partial charge in [-0.15, -0.1) is 0 Å². The number of nitrogens with zero attached hydrogens (tertiary/aromatic N) is 2. The molecule has 1 saturated heterocycles. The number of hydrogen-bond donors (Lipinski definition) is 2. The summed E-state index contributed by atoms with van der Waals surface area (Å²) in [4.78, 5) is 30.2. The van der Waals surface area contributed by atoms with Crippen LogP contribution in [0.3, 0.4) is 0 Å². The van der Waals surface area contributed by atoms with Crippen molar-refractivity contribution >= 4 is 28.4 Å². The topological polar surface area (TPSA) is 82.4 Å². The number of likely N-dealkylation sites (N-methyl/N-ethyl adjacent to an activating group) is 1. The molecule has 1 atom stereocenters. The van der Waals surface area contributed by atoms with Crippen LogP contribution in [-0.4, -0.2) is 47.9 Å². The molecule has 0 bridgehead atoms. The van der Waals surface area contributed by atoms with Gasteiger partial charge in [0.1, 0.15) is 5.82 Å². The summed E-state index contributed by atoms with van der Waals surface area (Å²) in [7, 11) is 1.85. The maximum absolute atomic E-state index is 15.1. The Morgan fingerprint density at radius 3 is 2.81 bits per heavy atom. The number of primary amides is 1. The highest BCUT2D eigenvalue weighted by Gasteiger charge is 2.31. The first-order valence-corrected chi connectivity index (χ1v) is 8.97. The van der Waals surface area contributed by atoms with Crippen LogP contribution in [0.5, 0.6) is 0 Å². The SMILES string of the molecule is C=CC(=O)N1CC[C@H](N(C)c2c(F)cc(CC(N)=O)c3[nH]c(C)c(C)c23)C1. The average Bonchev–Trinajstić information content (AvgIpc) is 3.21. The smallest absolute Gasteiger partial charge is 0.246 e. The highest BCUT2D eigenvalue weighted by molar-refractivity contribution is 6.00. The van der Waals surface area contributed by atoms with Crippen molar-refractivity contribution in [2.75, 3.05) is 25.0 Å². The number of likely N-dealkylation sites (tertiary alicyclic amines) is 1. The van der Waals surface area contributed by atoms with Crippen molar-refractivity contribution in [2.45, 2.75) is 32.7 Å². The summed E-state index contributed by atoms with van der Waals surface area (Å²) in [6.45, 7) is 8.52. The third kappa shape index (κ3) is 3.29. The van der Waals surface area contributed by atoms with Crippen LogP contribution in [0.1, 0.15) is 23.2 Å². The number of fused-ring (bicyclic) bond motifs is 1. The van der Waals surface area contributed by atoms with Crippen LogP contribution in [0, 0.1) is 19.7 Å². The quantitative estimate of drug-likeness (QED) is 0.789. The van der Waals surface area contributed by atoms with E-state index in [0.29, 0.717) is 24.3 Å². The van der Waals surface area contributed by atoms with Gasteiger partial charge >= 0.3 is 0 Å². The van der Waals surface area contributed by atoms with Crippen LogP contribution in [-0.2, 0) is 16.0 Å². The minimum absolute atomic E-state index is 0.00296. The second kappa shape index (κ2) is 7.06. The molecule has 0 aliphatic carbocycles. The molecule has 3 N–H and O–H groups in total. The number of nitrogens with two attached hydrogens (primary N) is 1. The lowest BCUT2D eigenvalue weighted by Crippen LogP contribution is -2.36. The molecule has 1 aromatic carbocycles. The molecule has 27 heavy (non-hydrogen) atoms. The zero-order valence-electron chi connectivity index (χ0n) is 15.9. The second-order valence-electron chi connectivity index (χ2n) is 7.18. The van der Waals surface area contributed by atoms with Crippen molar-refractivity contribution in [3.05, 3.63) is 41.4 Å². The Morgan fingerprint density at radius 2 is 2.19 bits per heavy atom. The first-order valence-electron chi connectivity index (χ1n) is 8.97. The number of aryl methyl sites for hydroxylation is 2. The number of halogens is 1. The van der Waals surface area contributed by atoms with Gasteiger partial charge in [0.15, 0.2) is 0 Å². The number of aromatic nitrogens is 1. The van der Waals surface area contributed by atoms with E-state index in [4.69, 9.17) is 5.73 Å². The molecule has 2 amide bonds. The summed E-state index contributed by atoms with van der Waals surface area (Å²) < 4.78 is 15.1. The van der Waals surface area contributed by atoms with Gasteiger partial charge in [0.2, 0.25) is 11.8 Å². The van der Waals surface area contributed by atoms with Crippen molar-refractivity contribution in [1.82, 2.24) is 9.88 Å². The number of benzene rings is 1. The molecule has 1 aliphatic rings. The monoisotopic (exact) mass is 372 g/mol. The van der Waals surface area contributed by atoms with Crippen molar-refractivity contribution in [3.63, 3.8) is 0 Å². The van der Waals surface area contributed by atoms with Crippen molar-refractivity contribution in [2.24, 2.45) is 5.73 Å². The zero-order chi connectivity index (χ0) is 19.9. The number of nitrogens with one attached hydrogen (secondary N) is 1. The lowest BCUT2D eigenvalue weighted by molar-refractivity contribution is -0.125. The second-order valence-corrected chi connectivity index (χ2v) is 7.18. The predicted octanol–water partition coefficient (Wildman–Crippen LogP) is 2.17. The molecule has 2 heterocycles. The number of rotatable bonds is 5. The van der Waals surface area contributed by atoms with Crippen molar-refractivity contribution in [3.8, 4) is 0 Å². The van der Waals surface area contributed by atoms with Crippen LogP contribution in [0.4, 0.5) is 10.1 Å². The van der Waals surface area contributed by atoms with Gasteiger partial charge in [0, 0.05) is 37.3 Å². The normalized spacial score (nSPS) is 16.7. The van der Waals surface area contributed by atoms with Gasteiger partial charge in [-0.05, 0) is 43.5 Å². The summed E-state index contributed by atoms with van der Waals surface area (Å²) >= 11 is 0. The third-order valence-electron chi connectivity index (χ3n) is 5.50. The predicted molar refractivity (Wildman–Crippen MR) is 104 cm³/mol. The van der Waals surface area contributed by atoms with Gasteiger partial charge in [-0.2, -0.15) is 0 Å². The van der Waals surface area contributed by atoms with E-state index in [0.717, 1.165) is 28.6 Å². The summed E-state index contributed by atoms with van der Waals surface area (Å²) in [5, 5.41) is 0.764. The zero-order valence-corrected chi connectivity index (χ0v) is 15.9. The van der Waals surface area contributed by atoms with Gasteiger partial charge in [0.05, 0.1) is 17.6 Å². The molecule has 2 aromatic rings. The molecule has 0 saturated carbocycles. The van der Waals surface area contributed by atoms with Crippen LogP contribution in [0.15, 0.2) is 18.7 Å². The Labute approximate surface area is 157 Å².